The number of rotatable bonds is 24. The Kier molecular flexibility index (Phi) is 19.9. The number of hydrogen-bond donors (Lipinski definition) is 0. The molecule has 1 aromatic heterocycles. The lowest BCUT2D eigenvalue weighted by atomic mass is 10.0. The SMILES string of the molecule is CCCCCCCCCCCCCCCCCC(C)n1ccnc1C(C)CCCCCCC. The Morgan fingerprint density at radius 1 is 0.576 bits per heavy atom. The van der Waals surface area contributed by atoms with Gasteiger partial charge in [0.1, 0.15) is 5.82 Å². The number of aromatic nitrogens is 2. The van der Waals surface area contributed by atoms with Crippen LogP contribution in [0, 0.1) is 0 Å². The highest BCUT2D eigenvalue weighted by Gasteiger charge is 2.15. The summed E-state index contributed by atoms with van der Waals surface area (Å²) in [6.07, 6.45) is 35.3. The van der Waals surface area contributed by atoms with Crippen molar-refractivity contribution in [2.24, 2.45) is 0 Å². The molecule has 0 aromatic carbocycles. The highest BCUT2D eigenvalue weighted by Crippen LogP contribution is 2.26. The van der Waals surface area contributed by atoms with Crippen LogP contribution < -0.4 is 0 Å². The molecule has 0 aliphatic heterocycles. The maximum absolute atomic E-state index is 4.74. The van der Waals surface area contributed by atoms with E-state index >= 15 is 0 Å². The lowest BCUT2D eigenvalue weighted by Gasteiger charge is -2.20. The zero-order valence-corrected chi connectivity index (χ0v) is 23.3. The Morgan fingerprint density at radius 3 is 1.42 bits per heavy atom. The topological polar surface area (TPSA) is 17.8 Å². The smallest absolute Gasteiger partial charge is 0.111 e. The molecule has 1 rings (SSSR count). The average molecular weight is 461 g/mol. The van der Waals surface area contributed by atoms with Gasteiger partial charge in [-0.1, -0.05) is 149 Å². The van der Waals surface area contributed by atoms with Crippen molar-refractivity contribution >= 4 is 0 Å². The van der Waals surface area contributed by atoms with Crippen molar-refractivity contribution in [3.8, 4) is 0 Å². The quantitative estimate of drug-likeness (QED) is 0.140. The van der Waals surface area contributed by atoms with Crippen molar-refractivity contribution in [1.29, 1.82) is 0 Å². The van der Waals surface area contributed by atoms with E-state index in [9.17, 15) is 0 Å². The summed E-state index contributed by atoms with van der Waals surface area (Å²) in [5.74, 6) is 1.91. The van der Waals surface area contributed by atoms with E-state index in [0.717, 1.165) is 0 Å². The molecule has 0 radical (unpaired) electrons. The van der Waals surface area contributed by atoms with Crippen LogP contribution in [0.1, 0.15) is 187 Å². The first-order valence-electron chi connectivity index (χ1n) is 15.2. The minimum absolute atomic E-state index is 0.588. The average Bonchev–Trinajstić information content (AvgIpc) is 3.31. The number of imidazole rings is 1. The third-order valence-corrected chi connectivity index (χ3v) is 7.58. The first-order chi connectivity index (χ1) is 16.2. The van der Waals surface area contributed by atoms with E-state index in [1.54, 1.807) is 0 Å². The Morgan fingerprint density at radius 2 is 0.970 bits per heavy atom. The summed E-state index contributed by atoms with van der Waals surface area (Å²) in [5.41, 5.74) is 0. The van der Waals surface area contributed by atoms with Crippen LogP contribution in [0.2, 0.25) is 0 Å². The van der Waals surface area contributed by atoms with Crippen molar-refractivity contribution < 1.29 is 0 Å². The van der Waals surface area contributed by atoms with E-state index in [1.165, 1.54) is 147 Å². The summed E-state index contributed by atoms with van der Waals surface area (Å²) in [6.45, 7) is 9.36. The van der Waals surface area contributed by atoms with Gasteiger partial charge in [0.05, 0.1) is 0 Å². The van der Waals surface area contributed by atoms with Crippen molar-refractivity contribution in [3.05, 3.63) is 18.2 Å². The monoisotopic (exact) mass is 460 g/mol. The largest absolute Gasteiger partial charge is 0.332 e. The van der Waals surface area contributed by atoms with Gasteiger partial charge in [-0.3, -0.25) is 0 Å². The molecule has 0 N–H and O–H groups in total. The lowest BCUT2D eigenvalue weighted by molar-refractivity contribution is 0.436. The molecule has 2 unspecified atom stereocenters. The second-order valence-corrected chi connectivity index (χ2v) is 10.9. The normalized spacial score (nSPS) is 13.5. The lowest BCUT2D eigenvalue weighted by Crippen LogP contribution is -2.11. The molecule has 2 atom stereocenters. The summed E-state index contributed by atoms with van der Waals surface area (Å²) >= 11 is 0. The summed E-state index contributed by atoms with van der Waals surface area (Å²) in [4.78, 5) is 4.74. The molecule has 1 heterocycles. The van der Waals surface area contributed by atoms with Gasteiger partial charge in [0.15, 0.2) is 0 Å². The van der Waals surface area contributed by atoms with Gasteiger partial charge >= 0.3 is 0 Å². The van der Waals surface area contributed by atoms with Gasteiger partial charge < -0.3 is 4.57 Å². The van der Waals surface area contributed by atoms with Crippen LogP contribution in [0.5, 0.6) is 0 Å². The van der Waals surface area contributed by atoms with E-state index in [0.29, 0.717) is 12.0 Å². The minimum Gasteiger partial charge on any atom is -0.332 e. The van der Waals surface area contributed by atoms with Gasteiger partial charge in [-0.05, 0) is 19.8 Å². The van der Waals surface area contributed by atoms with Crippen molar-refractivity contribution in [2.75, 3.05) is 0 Å². The minimum atomic E-state index is 0.588. The zero-order valence-electron chi connectivity index (χ0n) is 23.3. The van der Waals surface area contributed by atoms with Gasteiger partial charge in [-0.15, -0.1) is 0 Å². The molecular formula is C31H60N2. The van der Waals surface area contributed by atoms with Crippen molar-refractivity contribution in [3.63, 3.8) is 0 Å². The summed E-state index contributed by atoms with van der Waals surface area (Å²) in [7, 11) is 0. The van der Waals surface area contributed by atoms with Crippen molar-refractivity contribution in [2.45, 2.75) is 181 Å². The van der Waals surface area contributed by atoms with Crippen LogP contribution in [-0.2, 0) is 0 Å². The predicted octanol–water partition coefficient (Wildman–Crippen LogP) is 11.2. The zero-order chi connectivity index (χ0) is 24.0. The molecule has 0 saturated carbocycles. The van der Waals surface area contributed by atoms with Gasteiger partial charge in [0, 0.05) is 24.4 Å². The van der Waals surface area contributed by atoms with E-state index in [2.05, 4.69) is 38.5 Å². The maximum atomic E-state index is 4.74. The molecule has 0 saturated heterocycles. The van der Waals surface area contributed by atoms with Gasteiger partial charge in [-0.25, -0.2) is 4.98 Å². The molecule has 33 heavy (non-hydrogen) atoms. The Bertz CT molecular complexity index is 521. The Hall–Kier alpha value is -0.790. The van der Waals surface area contributed by atoms with Crippen LogP contribution in [0.25, 0.3) is 0 Å². The molecule has 2 heteroatoms. The predicted molar refractivity (Wildman–Crippen MR) is 148 cm³/mol. The molecule has 0 spiro atoms. The van der Waals surface area contributed by atoms with E-state index in [1.807, 2.05) is 6.20 Å². The first-order valence-corrected chi connectivity index (χ1v) is 15.2. The highest BCUT2D eigenvalue weighted by atomic mass is 15.1. The number of nitrogens with zero attached hydrogens (tertiary/aromatic N) is 2. The van der Waals surface area contributed by atoms with Gasteiger partial charge in [0.25, 0.3) is 0 Å². The van der Waals surface area contributed by atoms with Crippen LogP contribution in [0.3, 0.4) is 0 Å². The summed E-state index contributed by atoms with van der Waals surface area (Å²) in [6, 6.07) is 0.590. The highest BCUT2D eigenvalue weighted by molar-refractivity contribution is 5.00. The molecule has 0 aliphatic carbocycles. The first kappa shape index (κ1) is 30.2. The molecule has 0 bridgehead atoms. The Balaban J connectivity index is 2.01. The standard InChI is InChI=1S/C31H60N2/c1-5-7-9-11-12-13-14-15-16-17-18-19-20-22-24-26-30(4)33-28-27-32-31(33)29(3)25-23-21-10-8-6-2/h27-30H,5-26H2,1-4H3. The fourth-order valence-electron chi connectivity index (χ4n) is 5.21. The summed E-state index contributed by atoms with van der Waals surface area (Å²) in [5, 5.41) is 0. The fraction of sp³-hybridized carbons (Fsp3) is 0.903. The maximum Gasteiger partial charge on any atom is 0.111 e. The van der Waals surface area contributed by atoms with Gasteiger partial charge in [0.2, 0.25) is 0 Å². The Labute approximate surface area is 208 Å². The second kappa shape index (κ2) is 21.7. The van der Waals surface area contributed by atoms with Crippen LogP contribution in [0.4, 0.5) is 0 Å². The van der Waals surface area contributed by atoms with Crippen molar-refractivity contribution in [1.82, 2.24) is 9.55 Å². The molecule has 194 valence electrons. The molecule has 2 nitrogen and oxygen atoms in total. The number of unbranched alkanes of at least 4 members (excludes halogenated alkanes) is 18. The van der Waals surface area contributed by atoms with Gasteiger partial charge in [-0.2, -0.15) is 0 Å². The number of hydrogen-bond acceptors (Lipinski definition) is 1. The third-order valence-electron chi connectivity index (χ3n) is 7.58. The molecule has 1 aromatic rings. The molecule has 0 fully saturated rings. The van der Waals surface area contributed by atoms with E-state index < -0.39 is 0 Å². The van der Waals surface area contributed by atoms with Crippen LogP contribution >= 0.6 is 0 Å². The molecule has 0 aliphatic rings. The summed E-state index contributed by atoms with van der Waals surface area (Å²) < 4.78 is 2.47. The molecule has 0 amide bonds. The fourth-order valence-corrected chi connectivity index (χ4v) is 5.21. The van der Waals surface area contributed by atoms with Crippen LogP contribution in [-0.4, -0.2) is 9.55 Å². The molecular weight excluding hydrogens is 400 g/mol. The van der Waals surface area contributed by atoms with E-state index in [4.69, 9.17) is 4.98 Å². The van der Waals surface area contributed by atoms with Crippen LogP contribution in [0.15, 0.2) is 12.4 Å². The van der Waals surface area contributed by atoms with E-state index in [-0.39, 0.29) is 0 Å². The third kappa shape index (κ3) is 15.7. The second-order valence-electron chi connectivity index (χ2n) is 10.9.